The minimum absolute atomic E-state index is 0.773. The zero-order chi connectivity index (χ0) is 8.39. The van der Waals surface area contributed by atoms with Crippen molar-refractivity contribution in [2.45, 2.75) is 24.9 Å². The van der Waals surface area contributed by atoms with Gasteiger partial charge >= 0.3 is 0 Å². The summed E-state index contributed by atoms with van der Waals surface area (Å²) in [6, 6.07) is 1.60. The number of rotatable bonds is 2. The Morgan fingerprint density at radius 1 is 1.33 bits per heavy atom. The maximum absolute atomic E-state index is 3.72. The predicted molar refractivity (Wildman–Crippen MR) is 54.8 cm³/mol. The van der Waals surface area contributed by atoms with Gasteiger partial charge < -0.3 is 10.2 Å². The van der Waals surface area contributed by atoms with Crippen LogP contribution < -0.4 is 5.32 Å². The van der Waals surface area contributed by atoms with Crippen LogP contribution in [-0.4, -0.2) is 48.6 Å². The van der Waals surface area contributed by atoms with Crippen molar-refractivity contribution in [2.24, 2.45) is 0 Å². The number of nitrogens with one attached hydrogen (secondary N) is 1. The van der Waals surface area contributed by atoms with Crippen LogP contribution >= 0.6 is 11.8 Å². The molecule has 2 saturated heterocycles. The molecule has 70 valence electrons. The largest absolute Gasteiger partial charge is 0.308 e. The van der Waals surface area contributed by atoms with Gasteiger partial charge in [-0.05, 0) is 26.4 Å². The molecule has 2 aliphatic heterocycles. The molecule has 2 nitrogen and oxygen atoms in total. The Morgan fingerprint density at radius 2 is 2.17 bits per heavy atom. The zero-order valence-corrected chi connectivity index (χ0v) is 8.57. The first kappa shape index (κ1) is 8.85. The summed E-state index contributed by atoms with van der Waals surface area (Å²) >= 11 is 2.06. The highest BCUT2D eigenvalue weighted by Crippen LogP contribution is 2.19. The molecule has 0 amide bonds. The van der Waals surface area contributed by atoms with Gasteiger partial charge in [0.05, 0.1) is 0 Å². The first-order valence-electron chi connectivity index (χ1n) is 4.87. The lowest BCUT2D eigenvalue weighted by Gasteiger charge is -2.36. The molecule has 0 aliphatic carbocycles. The summed E-state index contributed by atoms with van der Waals surface area (Å²) in [5.41, 5.74) is 0. The lowest BCUT2D eigenvalue weighted by molar-refractivity contribution is 0.220. The summed E-state index contributed by atoms with van der Waals surface area (Å²) in [6.07, 6.45) is 2.75. The molecule has 0 aromatic heterocycles. The molecule has 2 rings (SSSR count). The highest BCUT2D eigenvalue weighted by molar-refractivity contribution is 8.00. The molecule has 12 heavy (non-hydrogen) atoms. The second-order valence-electron chi connectivity index (χ2n) is 4.00. The van der Waals surface area contributed by atoms with Crippen LogP contribution in [0.5, 0.6) is 0 Å². The van der Waals surface area contributed by atoms with Crippen LogP contribution in [0.1, 0.15) is 12.8 Å². The summed E-state index contributed by atoms with van der Waals surface area (Å²) in [6.45, 7) is 2.54. The molecule has 0 spiro atoms. The van der Waals surface area contributed by atoms with Crippen molar-refractivity contribution in [1.82, 2.24) is 10.2 Å². The molecule has 0 saturated carbocycles. The fourth-order valence-corrected chi connectivity index (χ4v) is 2.63. The highest BCUT2D eigenvalue weighted by Gasteiger charge is 2.23. The monoisotopic (exact) mass is 186 g/mol. The van der Waals surface area contributed by atoms with Crippen LogP contribution in [0.3, 0.4) is 0 Å². The van der Waals surface area contributed by atoms with E-state index in [1.54, 1.807) is 0 Å². The van der Waals surface area contributed by atoms with Gasteiger partial charge in [-0.25, -0.2) is 0 Å². The molecule has 2 heterocycles. The lowest BCUT2D eigenvalue weighted by atomic mass is 10.1. The Morgan fingerprint density at radius 3 is 2.75 bits per heavy atom. The van der Waals surface area contributed by atoms with Crippen molar-refractivity contribution >= 4 is 11.8 Å². The van der Waals surface area contributed by atoms with Gasteiger partial charge in [0, 0.05) is 30.1 Å². The van der Waals surface area contributed by atoms with Gasteiger partial charge in [0.2, 0.25) is 0 Å². The van der Waals surface area contributed by atoms with Crippen LogP contribution in [0.4, 0.5) is 0 Å². The van der Waals surface area contributed by atoms with E-state index in [1.807, 2.05) is 0 Å². The van der Waals surface area contributed by atoms with Crippen LogP contribution in [0.15, 0.2) is 0 Å². The normalized spacial score (nSPS) is 33.2. The number of hydrogen-bond donors (Lipinski definition) is 1. The van der Waals surface area contributed by atoms with Gasteiger partial charge in [0.1, 0.15) is 0 Å². The van der Waals surface area contributed by atoms with E-state index in [-0.39, 0.29) is 0 Å². The minimum atomic E-state index is 0.773. The fraction of sp³-hybridized carbons (Fsp3) is 1.00. The average Bonchev–Trinajstić information content (AvgIpc) is 1.97. The lowest BCUT2D eigenvalue weighted by Crippen LogP contribution is -2.52. The van der Waals surface area contributed by atoms with Gasteiger partial charge in [-0.1, -0.05) is 0 Å². The minimum Gasteiger partial charge on any atom is -0.308 e. The molecule has 2 fully saturated rings. The Hall–Kier alpha value is 0.270. The summed E-state index contributed by atoms with van der Waals surface area (Å²) in [5.74, 6) is 2.67. The van der Waals surface area contributed by atoms with Gasteiger partial charge in [-0.3, -0.25) is 0 Å². The van der Waals surface area contributed by atoms with Crippen LogP contribution in [0.25, 0.3) is 0 Å². The third-order valence-corrected chi connectivity index (χ3v) is 4.01. The molecular weight excluding hydrogens is 168 g/mol. The Bertz CT molecular complexity index is 147. The first-order valence-corrected chi connectivity index (χ1v) is 6.02. The van der Waals surface area contributed by atoms with E-state index in [9.17, 15) is 0 Å². The maximum atomic E-state index is 3.72. The SMILES string of the molecule is CN1CCCC(NC2CSC2)C1. The van der Waals surface area contributed by atoms with E-state index in [1.165, 1.54) is 37.4 Å². The number of likely N-dealkylation sites (N-methyl/N-ethyl adjacent to an activating group) is 1. The summed E-state index contributed by atoms with van der Waals surface area (Å²) in [7, 11) is 2.23. The average molecular weight is 186 g/mol. The maximum Gasteiger partial charge on any atom is 0.0251 e. The molecule has 3 heteroatoms. The number of hydrogen-bond acceptors (Lipinski definition) is 3. The molecule has 1 unspecified atom stereocenters. The van der Waals surface area contributed by atoms with Crippen molar-refractivity contribution in [3.8, 4) is 0 Å². The molecular formula is C9H18N2S. The van der Waals surface area contributed by atoms with E-state index in [0.717, 1.165) is 12.1 Å². The molecule has 0 aromatic carbocycles. The number of likely N-dealkylation sites (tertiary alicyclic amines) is 1. The van der Waals surface area contributed by atoms with Crippen LogP contribution in [0.2, 0.25) is 0 Å². The van der Waals surface area contributed by atoms with Crippen LogP contribution in [-0.2, 0) is 0 Å². The Labute approximate surface area is 79.1 Å². The van der Waals surface area contributed by atoms with Gasteiger partial charge in [0.25, 0.3) is 0 Å². The van der Waals surface area contributed by atoms with Gasteiger partial charge in [-0.2, -0.15) is 11.8 Å². The van der Waals surface area contributed by atoms with Crippen molar-refractivity contribution < 1.29 is 0 Å². The van der Waals surface area contributed by atoms with E-state index in [4.69, 9.17) is 0 Å². The molecule has 2 aliphatic rings. The highest BCUT2D eigenvalue weighted by atomic mass is 32.2. The Kier molecular flexibility index (Phi) is 2.94. The number of thioether (sulfide) groups is 1. The third-order valence-electron chi connectivity index (χ3n) is 2.73. The molecule has 0 aromatic rings. The fourth-order valence-electron chi connectivity index (χ4n) is 1.97. The number of nitrogens with zero attached hydrogens (tertiary/aromatic N) is 1. The van der Waals surface area contributed by atoms with E-state index < -0.39 is 0 Å². The standard InChI is InChI=1S/C9H18N2S/c1-11-4-2-3-8(5-11)10-9-6-12-7-9/h8-10H,2-7H2,1H3. The van der Waals surface area contributed by atoms with Crippen molar-refractivity contribution in [3.63, 3.8) is 0 Å². The van der Waals surface area contributed by atoms with E-state index >= 15 is 0 Å². The predicted octanol–water partition coefficient (Wildman–Crippen LogP) is 0.786. The smallest absolute Gasteiger partial charge is 0.0251 e. The number of piperidine rings is 1. The summed E-state index contributed by atoms with van der Waals surface area (Å²) < 4.78 is 0. The molecule has 0 radical (unpaired) electrons. The summed E-state index contributed by atoms with van der Waals surface area (Å²) in [4.78, 5) is 2.44. The molecule has 1 atom stereocenters. The van der Waals surface area contributed by atoms with Gasteiger partial charge in [-0.15, -0.1) is 0 Å². The van der Waals surface area contributed by atoms with Crippen LogP contribution in [0, 0.1) is 0 Å². The Balaban J connectivity index is 1.71. The quantitative estimate of drug-likeness (QED) is 0.686. The second-order valence-corrected chi connectivity index (χ2v) is 5.08. The van der Waals surface area contributed by atoms with Crippen molar-refractivity contribution in [2.75, 3.05) is 31.6 Å². The van der Waals surface area contributed by atoms with Gasteiger partial charge in [0.15, 0.2) is 0 Å². The zero-order valence-electron chi connectivity index (χ0n) is 7.75. The van der Waals surface area contributed by atoms with E-state index in [0.29, 0.717) is 0 Å². The second kappa shape index (κ2) is 3.99. The van der Waals surface area contributed by atoms with Crippen molar-refractivity contribution in [1.29, 1.82) is 0 Å². The topological polar surface area (TPSA) is 15.3 Å². The molecule has 1 N–H and O–H groups in total. The van der Waals surface area contributed by atoms with E-state index in [2.05, 4.69) is 29.0 Å². The van der Waals surface area contributed by atoms with Crippen molar-refractivity contribution in [3.05, 3.63) is 0 Å². The molecule has 0 bridgehead atoms. The third kappa shape index (κ3) is 2.15. The first-order chi connectivity index (χ1) is 5.84. The summed E-state index contributed by atoms with van der Waals surface area (Å²) in [5, 5.41) is 3.72.